The molecule has 1 aliphatic rings. The Hall–Kier alpha value is -3.94. The zero-order chi connectivity index (χ0) is 56.8. The van der Waals surface area contributed by atoms with Crippen LogP contribution in [0.4, 0.5) is 0 Å². The number of aliphatic hydroxyl groups excluding tert-OH is 5. The fourth-order valence-electron chi connectivity index (χ4n) is 8.72. The Labute approximate surface area is 474 Å². The predicted octanol–water partition coefficient (Wildman–Crippen LogP) is 14.7. The normalized spacial score (nSPS) is 19.8. The number of aliphatic hydroxyl groups is 5. The molecule has 1 fully saturated rings. The average molecular weight is 1090 g/mol. The molecule has 1 rings (SSSR count). The molecule has 78 heavy (non-hydrogen) atoms. The molecule has 1 saturated heterocycles. The van der Waals surface area contributed by atoms with Gasteiger partial charge in [0.15, 0.2) is 12.4 Å². The van der Waals surface area contributed by atoms with Gasteiger partial charge in [-0.1, -0.05) is 226 Å². The van der Waals surface area contributed by atoms with Crippen molar-refractivity contribution in [2.75, 3.05) is 13.2 Å². The van der Waals surface area contributed by atoms with Crippen molar-refractivity contribution in [3.05, 3.63) is 122 Å². The topological polar surface area (TPSA) is 175 Å². The summed E-state index contributed by atoms with van der Waals surface area (Å²) in [4.78, 5) is 26.5. The lowest BCUT2D eigenvalue weighted by Crippen LogP contribution is -2.61. The lowest BCUT2D eigenvalue weighted by molar-refractivity contribution is -0.305. The molecule has 6 N–H and O–H groups in total. The van der Waals surface area contributed by atoms with E-state index in [0.29, 0.717) is 12.8 Å². The van der Waals surface area contributed by atoms with Crippen LogP contribution in [0.2, 0.25) is 0 Å². The lowest BCUT2D eigenvalue weighted by Gasteiger charge is -2.41. The summed E-state index contributed by atoms with van der Waals surface area (Å²) < 4.78 is 17.6. The average Bonchev–Trinajstić information content (AvgIpc) is 3.45. The zero-order valence-electron chi connectivity index (χ0n) is 49.0. The first-order valence-corrected chi connectivity index (χ1v) is 30.8. The third-order valence-electron chi connectivity index (χ3n) is 13.6. The second-order valence-electron chi connectivity index (χ2n) is 20.7. The smallest absolute Gasteiger partial charge is 0.306 e. The van der Waals surface area contributed by atoms with Crippen LogP contribution >= 0.6 is 0 Å². The highest BCUT2D eigenvalue weighted by Crippen LogP contribution is 2.26. The van der Waals surface area contributed by atoms with Gasteiger partial charge < -0.3 is 45.1 Å². The number of ether oxygens (including phenoxy) is 3. The van der Waals surface area contributed by atoms with Crippen LogP contribution in [0.5, 0.6) is 0 Å². The van der Waals surface area contributed by atoms with Gasteiger partial charge in [0.25, 0.3) is 0 Å². The summed E-state index contributed by atoms with van der Waals surface area (Å²) in [5.41, 5.74) is 0. The van der Waals surface area contributed by atoms with Crippen molar-refractivity contribution in [3.8, 4) is 0 Å². The predicted molar refractivity (Wildman–Crippen MR) is 324 cm³/mol. The Morgan fingerprint density at radius 1 is 0.513 bits per heavy atom. The molecule has 1 aliphatic heterocycles. The minimum Gasteiger partial charge on any atom is -0.454 e. The molecule has 11 nitrogen and oxygen atoms in total. The van der Waals surface area contributed by atoms with E-state index in [9.17, 15) is 35.1 Å². The highest BCUT2D eigenvalue weighted by molar-refractivity contribution is 5.80. The summed E-state index contributed by atoms with van der Waals surface area (Å²) >= 11 is 0. The van der Waals surface area contributed by atoms with E-state index < -0.39 is 67.4 Å². The fraction of sp³-hybridized carbons (Fsp3) is 0.672. The van der Waals surface area contributed by atoms with Crippen molar-refractivity contribution >= 4 is 11.9 Å². The number of nitrogens with one attached hydrogen (secondary N) is 1. The summed E-state index contributed by atoms with van der Waals surface area (Å²) in [6.07, 6.45) is 63.7. The van der Waals surface area contributed by atoms with Gasteiger partial charge in [-0.05, 0) is 116 Å². The van der Waals surface area contributed by atoms with Crippen LogP contribution in [0.3, 0.4) is 0 Å². The summed E-state index contributed by atoms with van der Waals surface area (Å²) in [7, 11) is 0. The molecular weight excluding hydrogens is 979 g/mol. The molecule has 0 bridgehead atoms. The quantitative estimate of drug-likeness (QED) is 0.0195. The largest absolute Gasteiger partial charge is 0.454 e. The summed E-state index contributed by atoms with van der Waals surface area (Å²) in [6, 6.07) is -1.06. The van der Waals surface area contributed by atoms with Crippen LogP contribution in [0.15, 0.2) is 122 Å². The van der Waals surface area contributed by atoms with Crippen LogP contribution in [0.25, 0.3) is 0 Å². The highest BCUT2D eigenvalue weighted by Gasteiger charge is 2.47. The molecule has 8 unspecified atom stereocenters. The van der Waals surface area contributed by atoms with Crippen molar-refractivity contribution in [3.63, 3.8) is 0 Å². The van der Waals surface area contributed by atoms with Crippen LogP contribution in [-0.2, 0) is 23.8 Å². The van der Waals surface area contributed by atoms with E-state index >= 15 is 0 Å². The molecule has 0 spiro atoms. The molecule has 0 aliphatic carbocycles. The minimum absolute atomic E-state index is 0.0732. The number of amides is 1. The van der Waals surface area contributed by atoms with E-state index in [2.05, 4.69) is 135 Å². The van der Waals surface area contributed by atoms with Gasteiger partial charge in [-0.2, -0.15) is 0 Å². The molecule has 8 atom stereocenters. The monoisotopic (exact) mass is 1090 g/mol. The molecule has 0 radical (unpaired) electrons. The van der Waals surface area contributed by atoms with Crippen molar-refractivity contribution in [2.24, 2.45) is 0 Å². The maximum atomic E-state index is 13.4. The van der Waals surface area contributed by atoms with Crippen LogP contribution in [0, 0.1) is 0 Å². The van der Waals surface area contributed by atoms with Crippen LogP contribution in [-0.4, -0.2) is 99.6 Å². The van der Waals surface area contributed by atoms with E-state index in [1.165, 1.54) is 64.2 Å². The van der Waals surface area contributed by atoms with Crippen molar-refractivity contribution in [1.82, 2.24) is 5.32 Å². The first-order chi connectivity index (χ1) is 38.2. The molecule has 0 aromatic rings. The Kier molecular flexibility index (Phi) is 49.6. The first-order valence-electron chi connectivity index (χ1n) is 30.8. The number of allylic oxidation sites excluding steroid dienone is 19. The number of unbranched alkanes of at least 4 members (excludes halogenated alkanes) is 18. The summed E-state index contributed by atoms with van der Waals surface area (Å²) in [5, 5.41) is 56.9. The van der Waals surface area contributed by atoms with Crippen molar-refractivity contribution in [2.45, 2.75) is 275 Å². The van der Waals surface area contributed by atoms with E-state index in [4.69, 9.17) is 14.2 Å². The number of carbonyl (C=O) groups is 2. The van der Waals surface area contributed by atoms with Gasteiger partial charge in [-0.25, -0.2) is 0 Å². The number of carbonyl (C=O) groups excluding carboxylic acids is 2. The van der Waals surface area contributed by atoms with Crippen molar-refractivity contribution in [1.29, 1.82) is 0 Å². The number of hydrogen-bond acceptors (Lipinski definition) is 10. The molecule has 0 aromatic heterocycles. The van der Waals surface area contributed by atoms with E-state index in [-0.39, 0.29) is 19.4 Å². The van der Waals surface area contributed by atoms with Crippen LogP contribution < -0.4 is 5.32 Å². The molecular formula is C67H111NO10. The number of hydrogen-bond donors (Lipinski definition) is 6. The number of rotatable bonds is 50. The Balaban J connectivity index is 2.75. The summed E-state index contributed by atoms with van der Waals surface area (Å²) in [5.74, 6) is -1.27. The van der Waals surface area contributed by atoms with Gasteiger partial charge in [0.2, 0.25) is 5.91 Å². The van der Waals surface area contributed by atoms with E-state index in [1.54, 1.807) is 6.08 Å². The van der Waals surface area contributed by atoms with Gasteiger partial charge in [-0.15, -0.1) is 0 Å². The van der Waals surface area contributed by atoms with Gasteiger partial charge in [0.05, 0.1) is 25.4 Å². The number of esters is 1. The van der Waals surface area contributed by atoms with Gasteiger partial charge >= 0.3 is 5.97 Å². The van der Waals surface area contributed by atoms with E-state index in [1.807, 2.05) is 6.08 Å². The third-order valence-corrected chi connectivity index (χ3v) is 13.6. The Morgan fingerprint density at radius 3 is 1.41 bits per heavy atom. The summed E-state index contributed by atoms with van der Waals surface area (Å²) in [6.45, 7) is 5.59. The Morgan fingerprint density at radius 2 is 0.923 bits per heavy atom. The minimum atomic E-state index is -1.64. The van der Waals surface area contributed by atoms with Gasteiger partial charge in [0.1, 0.15) is 24.4 Å². The molecule has 0 saturated carbocycles. The molecule has 0 aromatic carbocycles. The third kappa shape index (κ3) is 41.1. The highest BCUT2D eigenvalue weighted by atomic mass is 16.7. The molecule has 1 amide bonds. The van der Waals surface area contributed by atoms with Crippen LogP contribution in [0.1, 0.15) is 226 Å². The molecule has 11 heteroatoms. The van der Waals surface area contributed by atoms with Gasteiger partial charge in [0, 0.05) is 6.42 Å². The van der Waals surface area contributed by atoms with Gasteiger partial charge in [-0.3, -0.25) is 9.59 Å². The van der Waals surface area contributed by atoms with Crippen molar-refractivity contribution < 1.29 is 49.3 Å². The zero-order valence-corrected chi connectivity index (χ0v) is 49.0. The Bertz CT molecular complexity index is 1730. The molecule has 444 valence electrons. The maximum absolute atomic E-state index is 13.4. The fourth-order valence-corrected chi connectivity index (χ4v) is 8.72. The standard InChI is InChI=1S/C67H111NO10/c1-4-7-10-13-16-19-22-25-27-29-31-33-35-37-40-43-46-49-52-55-62(72)78-65-64(74)63(73)61(56-69)77-67(65)76-57-58(59(70)53-50-47-44-41-38-24-21-18-15-12-9-6-3)68-66(75)60(71)54-51-48-45-42-39-36-34-32-30-28-26-23-20-17-14-11-8-5-2/h7,10,16-17,19-20,25-28,31-34,37,39-40,42,50,53,58-61,63-65,67,69-71,73-74H,4-6,8-9,11-15,18,21-24,29-30,35-36,38,41,43-49,51-52,54-57H2,1-3H3,(H,68,75)/b10-7-,19-16-,20-17-,27-25-,28-26-,33-31-,34-32-,40-37-,42-39-,53-50+. The second kappa shape index (κ2) is 53.7. The second-order valence-corrected chi connectivity index (χ2v) is 20.7. The maximum Gasteiger partial charge on any atom is 0.306 e. The van der Waals surface area contributed by atoms with E-state index in [0.717, 1.165) is 116 Å². The first kappa shape index (κ1) is 72.1. The lowest BCUT2D eigenvalue weighted by atomic mass is 9.99. The SMILES string of the molecule is CC/C=C\C/C=C\C/C=C\C/C=C\C/C=C\CCCCCC(=O)OC1C(OCC(NC(=O)C(O)CCCC/C=C\C/C=C\C/C=C\C/C=C\CCCCC)C(O)/C=C/CCCCCCCCCCCC)OC(CO)C(O)C1O. The molecule has 1 heterocycles.